The lowest BCUT2D eigenvalue weighted by molar-refractivity contribution is 0.0697. The summed E-state index contributed by atoms with van der Waals surface area (Å²) in [5.41, 5.74) is 3.96. The van der Waals surface area contributed by atoms with Crippen LogP contribution in [0.4, 0.5) is 5.69 Å². The zero-order chi connectivity index (χ0) is 16.0. The van der Waals surface area contributed by atoms with Gasteiger partial charge in [-0.05, 0) is 53.8 Å². The lowest BCUT2D eigenvalue weighted by Crippen LogP contribution is -2.29. The largest absolute Gasteiger partial charge is 0.478 e. The Hall–Kier alpha value is -2.07. The maximum Gasteiger partial charge on any atom is 0.335 e. The van der Waals surface area contributed by atoms with Gasteiger partial charge in [0.25, 0.3) is 0 Å². The molecular formula is C19H16BrNO2. The molecule has 3 atom stereocenters. The molecule has 23 heavy (non-hydrogen) atoms. The Morgan fingerprint density at radius 1 is 1.17 bits per heavy atom. The van der Waals surface area contributed by atoms with E-state index < -0.39 is 5.97 Å². The van der Waals surface area contributed by atoms with Crippen LogP contribution in [0.2, 0.25) is 0 Å². The van der Waals surface area contributed by atoms with Gasteiger partial charge in [0.1, 0.15) is 0 Å². The van der Waals surface area contributed by atoms with Crippen molar-refractivity contribution in [1.29, 1.82) is 0 Å². The summed E-state index contributed by atoms with van der Waals surface area (Å²) < 4.78 is 1.10. The van der Waals surface area contributed by atoms with Gasteiger partial charge in [0, 0.05) is 16.1 Å². The molecule has 0 radical (unpaired) electrons. The predicted molar refractivity (Wildman–Crippen MR) is 93.9 cm³/mol. The first-order valence-electron chi connectivity index (χ1n) is 7.69. The molecule has 0 spiro atoms. The maximum absolute atomic E-state index is 11.0. The first-order valence-corrected chi connectivity index (χ1v) is 8.48. The number of benzene rings is 2. The molecule has 0 unspecified atom stereocenters. The quantitative estimate of drug-likeness (QED) is 0.734. The van der Waals surface area contributed by atoms with Crippen molar-refractivity contribution in [3.63, 3.8) is 0 Å². The minimum absolute atomic E-state index is 0.200. The Morgan fingerprint density at radius 3 is 2.70 bits per heavy atom. The van der Waals surface area contributed by atoms with Crippen LogP contribution in [-0.2, 0) is 0 Å². The van der Waals surface area contributed by atoms with Gasteiger partial charge >= 0.3 is 5.97 Å². The van der Waals surface area contributed by atoms with Crippen LogP contribution in [0.15, 0.2) is 59.1 Å². The van der Waals surface area contributed by atoms with Crippen LogP contribution in [0.1, 0.15) is 39.9 Å². The first kappa shape index (κ1) is 14.5. The molecule has 1 aliphatic heterocycles. The number of carboxylic acids is 1. The summed E-state index contributed by atoms with van der Waals surface area (Å²) in [6, 6.07) is 13.8. The lowest BCUT2D eigenvalue weighted by atomic mass is 9.77. The van der Waals surface area contributed by atoms with Crippen LogP contribution < -0.4 is 5.32 Å². The molecule has 4 rings (SSSR count). The van der Waals surface area contributed by atoms with Gasteiger partial charge in [-0.25, -0.2) is 4.79 Å². The minimum Gasteiger partial charge on any atom is -0.478 e. The Labute approximate surface area is 143 Å². The highest BCUT2D eigenvalue weighted by molar-refractivity contribution is 9.10. The van der Waals surface area contributed by atoms with Crippen molar-refractivity contribution in [2.24, 2.45) is 5.92 Å². The van der Waals surface area contributed by atoms with Crippen LogP contribution >= 0.6 is 15.9 Å². The number of carbonyl (C=O) groups is 1. The summed E-state index contributed by atoms with van der Waals surface area (Å²) >= 11 is 3.56. The van der Waals surface area contributed by atoms with Crippen LogP contribution in [0.25, 0.3) is 0 Å². The number of anilines is 1. The highest BCUT2D eigenvalue weighted by Gasteiger charge is 2.37. The molecular weight excluding hydrogens is 354 g/mol. The second-order valence-corrected chi connectivity index (χ2v) is 7.05. The topological polar surface area (TPSA) is 49.3 Å². The van der Waals surface area contributed by atoms with Gasteiger partial charge in [-0.15, -0.1) is 0 Å². The Balaban J connectivity index is 1.73. The molecule has 1 aliphatic carbocycles. The van der Waals surface area contributed by atoms with E-state index >= 15 is 0 Å². The van der Waals surface area contributed by atoms with E-state index in [0.717, 1.165) is 22.1 Å². The van der Waals surface area contributed by atoms with E-state index in [1.165, 1.54) is 5.56 Å². The number of halogens is 1. The Bertz CT molecular complexity index is 798. The number of hydrogen-bond donors (Lipinski definition) is 2. The number of carboxylic acid groups (broad SMARTS) is 1. The van der Waals surface area contributed by atoms with Crippen LogP contribution in [0.5, 0.6) is 0 Å². The number of rotatable bonds is 2. The Morgan fingerprint density at radius 2 is 1.96 bits per heavy atom. The molecule has 2 N–H and O–H groups in total. The SMILES string of the molecule is O=C(O)c1ccc([C@H]2Nc3ccc(Br)cc3[C@H]3C=CC[C@H]32)cc1. The molecule has 2 aromatic carbocycles. The average molecular weight is 370 g/mol. The molecule has 0 fully saturated rings. The predicted octanol–water partition coefficient (Wildman–Crippen LogP) is 4.97. The summed E-state index contributed by atoms with van der Waals surface area (Å²) in [5.74, 6) is -0.0101. The smallest absolute Gasteiger partial charge is 0.335 e. The average Bonchev–Trinajstić information content (AvgIpc) is 3.04. The molecule has 0 saturated heterocycles. The normalized spacial score (nSPS) is 24.7. The van der Waals surface area contributed by atoms with E-state index in [1.54, 1.807) is 12.1 Å². The van der Waals surface area contributed by atoms with Crippen molar-refractivity contribution < 1.29 is 9.90 Å². The lowest BCUT2D eigenvalue weighted by Gasteiger charge is -2.37. The van der Waals surface area contributed by atoms with E-state index in [4.69, 9.17) is 5.11 Å². The van der Waals surface area contributed by atoms with Gasteiger partial charge in [0.15, 0.2) is 0 Å². The number of hydrogen-bond acceptors (Lipinski definition) is 2. The third-order valence-electron chi connectivity index (χ3n) is 4.84. The zero-order valence-corrected chi connectivity index (χ0v) is 14.0. The minimum atomic E-state index is -0.885. The summed E-state index contributed by atoms with van der Waals surface area (Å²) in [6.45, 7) is 0. The van der Waals surface area contributed by atoms with Gasteiger partial charge in [-0.3, -0.25) is 0 Å². The third-order valence-corrected chi connectivity index (χ3v) is 5.33. The van der Waals surface area contributed by atoms with Gasteiger partial charge in [0.2, 0.25) is 0 Å². The fraction of sp³-hybridized carbons (Fsp3) is 0.211. The second kappa shape index (κ2) is 5.53. The van der Waals surface area contributed by atoms with Crippen molar-refractivity contribution in [3.05, 3.63) is 75.8 Å². The number of fused-ring (bicyclic) bond motifs is 3. The molecule has 4 heteroatoms. The molecule has 1 heterocycles. The van der Waals surface area contributed by atoms with E-state index in [1.807, 2.05) is 12.1 Å². The second-order valence-electron chi connectivity index (χ2n) is 6.13. The molecule has 116 valence electrons. The fourth-order valence-electron chi connectivity index (χ4n) is 3.73. The number of nitrogens with one attached hydrogen (secondary N) is 1. The molecule has 0 aromatic heterocycles. The van der Waals surface area contributed by atoms with Crippen LogP contribution in [0, 0.1) is 5.92 Å². The van der Waals surface area contributed by atoms with Crippen molar-refractivity contribution in [2.75, 3.05) is 5.32 Å². The fourth-order valence-corrected chi connectivity index (χ4v) is 4.11. The molecule has 3 nitrogen and oxygen atoms in total. The van der Waals surface area contributed by atoms with E-state index in [2.05, 4.69) is 51.6 Å². The van der Waals surface area contributed by atoms with E-state index in [9.17, 15) is 4.79 Å². The van der Waals surface area contributed by atoms with Gasteiger partial charge in [0.05, 0.1) is 11.6 Å². The van der Waals surface area contributed by atoms with Crippen LogP contribution in [0.3, 0.4) is 0 Å². The monoisotopic (exact) mass is 369 g/mol. The molecule has 0 amide bonds. The van der Waals surface area contributed by atoms with E-state index in [0.29, 0.717) is 17.4 Å². The summed E-state index contributed by atoms with van der Waals surface area (Å²) in [6.07, 6.45) is 5.59. The van der Waals surface area contributed by atoms with Gasteiger partial charge in [-0.1, -0.05) is 40.2 Å². The molecule has 2 aromatic rings. The van der Waals surface area contributed by atoms with E-state index in [-0.39, 0.29) is 6.04 Å². The Kier molecular flexibility index (Phi) is 3.49. The molecule has 0 saturated carbocycles. The van der Waals surface area contributed by atoms with Gasteiger partial charge in [-0.2, -0.15) is 0 Å². The third kappa shape index (κ3) is 2.47. The molecule has 0 bridgehead atoms. The number of allylic oxidation sites excluding steroid dienone is 2. The number of aromatic carboxylic acids is 1. The highest BCUT2D eigenvalue weighted by Crippen LogP contribution is 2.50. The van der Waals surface area contributed by atoms with Crippen molar-refractivity contribution in [1.82, 2.24) is 0 Å². The first-order chi connectivity index (χ1) is 11.1. The summed E-state index contributed by atoms with van der Waals surface area (Å²) in [7, 11) is 0. The summed E-state index contributed by atoms with van der Waals surface area (Å²) in [4.78, 5) is 11.0. The van der Waals surface area contributed by atoms with Crippen molar-refractivity contribution in [2.45, 2.75) is 18.4 Å². The van der Waals surface area contributed by atoms with Crippen molar-refractivity contribution >= 4 is 27.6 Å². The maximum atomic E-state index is 11.0. The zero-order valence-electron chi connectivity index (χ0n) is 12.4. The summed E-state index contributed by atoms with van der Waals surface area (Å²) in [5, 5.41) is 12.7. The van der Waals surface area contributed by atoms with Crippen molar-refractivity contribution in [3.8, 4) is 0 Å². The van der Waals surface area contributed by atoms with Gasteiger partial charge < -0.3 is 10.4 Å². The highest BCUT2D eigenvalue weighted by atomic mass is 79.9. The standard InChI is InChI=1S/C19H16BrNO2/c20-13-8-9-17-16(10-13)14-2-1-3-15(14)18(21-17)11-4-6-12(7-5-11)19(22)23/h1-2,4-10,14-15,18,21H,3H2,(H,22,23)/t14-,15+,18+/m0/s1. The molecule has 2 aliphatic rings. The van der Waals surface area contributed by atoms with Crippen LogP contribution in [-0.4, -0.2) is 11.1 Å².